The van der Waals surface area contributed by atoms with Crippen LogP contribution in [0.5, 0.6) is 0 Å². The van der Waals surface area contributed by atoms with E-state index in [-0.39, 0.29) is 17.7 Å². The Hall–Kier alpha value is -2.51. The molecule has 2 aromatic carbocycles. The predicted molar refractivity (Wildman–Crippen MR) is 98.3 cm³/mol. The lowest BCUT2D eigenvalue weighted by Gasteiger charge is -2.24. The maximum Gasteiger partial charge on any atom is 0.276 e. The summed E-state index contributed by atoms with van der Waals surface area (Å²) in [4.78, 5) is 12.4. The van der Waals surface area contributed by atoms with Crippen LogP contribution in [0.2, 0.25) is 0 Å². The van der Waals surface area contributed by atoms with Crippen molar-refractivity contribution < 1.29 is 13.9 Å². The number of nitrogens with one attached hydrogen (secondary N) is 1. The molecule has 0 fully saturated rings. The van der Waals surface area contributed by atoms with E-state index in [0.717, 1.165) is 15.7 Å². The van der Waals surface area contributed by atoms with E-state index in [4.69, 9.17) is 4.74 Å². The highest BCUT2D eigenvalue weighted by Gasteiger charge is 2.24. The van der Waals surface area contributed by atoms with Crippen molar-refractivity contribution in [3.05, 3.63) is 81.8 Å². The van der Waals surface area contributed by atoms with Gasteiger partial charge in [0.1, 0.15) is 11.9 Å². The minimum Gasteiger partial charge on any atom is -0.365 e. The van der Waals surface area contributed by atoms with Crippen LogP contribution < -0.4 is 5.32 Å². The van der Waals surface area contributed by atoms with E-state index in [9.17, 15) is 9.18 Å². The quantitative estimate of drug-likeness (QED) is 0.693. The summed E-state index contributed by atoms with van der Waals surface area (Å²) in [5, 5.41) is 7.04. The average molecular weight is 416 g/mol. The summed E-state index contributed by atoms with van der Waals surface area (Å²) in [6.45, 7) is 0.908. The third-order valence-corrected chi connectivity index (χ3v) is 4.72. The van der Waals surface area contributed by atoms with Crippen LogP contribution in [0.4, 0.5) is 10.1 Å². The molecule has 5 nitrogen and oxygen atoms in total. The van der Waals surface area contributed by atoms with Crippen LogP contribution in [0.3, 0.4) is 0 Å². The number of anilines is 1. The molecule has 1 aliphatic heterocycles. The second-order valence-electron chi connectivity index (χ2n) is 6.02. The molecule has 0 unspecified atom stereocenters. The lowest BCUT2D eigenvalue weighted by Crippen LogP contribution is -2.22. The highest BCUT2D eigenvalue weighted by Crippen LogP contribution is 2.27. The molecule has 0 radical (unpaired) electrons. The predicted octanol–water partition coefficient (Wildman–Crippen LogP) is 4.31. The maximum absolute atomic E-state index is 13.2. The zero-order chi connectivity index (χ0) is 18.1. The SMILES string of the molecule is O=C(Nc1cccc(F)c1)c1cc2n(n1)C[C@H](c1ccc(Br)cc1)OC2. The standard InChI is InChI=1S/C19H15BrFN3O2/c20-13-6-4-12(5-7-13)18-10-24-16(11-26-18)9-17(23-24)19(25)22-15-3-1-2-14(21)8-15/h1-9,18H,10-11H2,(H,22,25)/t18-/m1/s1. The molecular weight excluding hydrogens is 401 g/mol. The monoisotopic (exact) mass is 415 g/mol. The number of hydrogen-bond donors (Lipinski definition) is 1. The van der Waals surface area contributed by atoms with Crippen molar-refractivity contribution in [2.75, 3.05) is 5.32 Å². The molecule has 1 atom stereocenters. The number of ether oxygens (including phenoxy) is 1. The Morgan fingerprint density at radius 2 is 2.04 bits per heavy atom. The minimum atomic E-state index is -0.405. The van der Waals surface area contributed by atoms with E-state index in [1.165, 1.54) is 12.1 Å². The third-order valence-electron chi connectivity index (χ3n) is 4.19. The number of hydrogen-bond acceptors (Lipinski definition) is 3. The number of carbonyl (C=O) groups is 1. The first-order valence-electron chi connectivity index (χ1n) is 8.09. The summed E-state index contributed by atoms with van der Waals surface area (Å²) in [5.41, 5.74) is 2.57. The summed E-state index contributed by atoms with van der Waals surface area (Å²) < 4.78 is 21.9. The minimum absolute atomic E-state index is 0.116. The van der Waals surface area contributed by atoms with Gasteiger partial charge in [0, 0.05) is 10.2 Å². The van der Waals surface area contributed by atoms with E-state index in [2.05, 4.69) is 26.3 Å². The highest BCUT2D eigenvalue weighted by atomic mass is 79.9. The largest absolute Gasteiger partial charge is 0.365 e. The van der Waals surface area contributed by atoms with Gasteiger partial charge in [-0.25, -0.2) is 4.39 Å². The summed E-state index contributed by atoms with van der Waals surface area (Å²) in [6, 6.07) is 15.4. The molecule has 3 aromatic rings. The van der Waals surface area contributed by atoms with Gasteiger partial charge in [0.25, 0.3) is 5.91 Å². The van der Waals surface area contributed by atoms with Crippen LogP contribution >= 0.6 is 15.9 Å². The molecule has 0 saturated carbocycles. The van der Waals surface area contributed by atoms with Crippen LogP contribution in [-0.2, 0) is 17.9 Å². The highest BCUT2D eigenvalue weighted by molar-refractivity contribution is 9.10. The van der Waals surface area contributed by atoms with Crippen molar-refractivity contribution in [3.63, 3.8) is 0 Å². The second-order valence-corrected chi connectivity index (χ2v) is 6.93. The normalized spacial score (nSPS) is 16.2. The fraction of sp³-hybridized carbons (Fsp3) is 0.158. The van der Waals surface area contributed by atoms with E-state index < -0.39 is 5.82 Å². The molecule has 0 aliphatic carbocycles. The lowest BCUT2D eigenvalue weighted by atomic mass is 10.1. The zero-order valence-electron chi connectivity index (χ0n) is 13.7. The Labute approximate surface area is 157 Å². The van der Waals surface area contributed by atoms with E-state index in [1.807, 2.05) is 24.3 Å². The van der Waals surface area contributed by atoms with Gasteiger partial charge in [0.15, 0.2) is 5.69 Å². The summed E-state index contributed by atoms with van der Waals surface area (Å²) >= 11 is 3.42. The van der Waals surface area contributed by atoms with Crippen molar-refractivity contribution >= 4 is 27.5 Å². The topological polar surface area (TPSA) is 56.2 Å². The Morgan fingerprint density at radius 1 is 1.23 bits per heavy atom. The Morgan fingerprint density at radius 3 is 2.81 bits per heavy atom. The summed E-state index contributed by atoms with van der Waals surface area (Å²) in [6.07, 6.45) is -0.116. The smallest absolute Gasteiger partial charge is 0.276 e. The van der Waals surface area contributed by atoms with Gasteiger partial charge in [0.05, 0.1) is 18.8 Å². The van der Waals surface area contributed by atoms with Gasteiger partial charge in [-0.1, -0.05) is 34.1 Å². The van der Waals surface area contributed by atoms with Crippen LogP contribution in [0, 0.1) is 5.82 Å². The maximum atomic E-state index is 13.2. The molecule has 132 valence electrons. The summed E-state index contributed by atoms with van der Waals surface area (Å²) in [7, 11) is 0. The first-order valence-corrected chi connectivity index (χ1v) is 8.88. The summed E-state index contributed by atoms with van der Waals surface area (Å²) in [5.74, 6) is -0.782. The molecule has 1 amide bonds. The number of fused-ring (bicyclic) bond motifs is 1. The van der Waals surface area contributed by atoms with Crippen LogP contribution in [-0.4, -0.2) is 15.7 Å². The first kappa shape index (κ1) is 16.9. The van der Waals surface area contributed by atoms with Crippen molar-refractivity contribution in [3.8, 4) is 0 Å². The number of rotatable bonds is 3. The van der Waals surface area contributed by atoms with Crippen LogP contribution in [0.1, 0.15) is 27.8 Å². The zero-order valence-corrected chi connectivity index (χ0v) is 15.2. The number of carbonyl (C=O) groups excluding carboxylic acids is 1. The molecule has 2 heterocycles. The molecular formula is C19H15BrFN3O2. The molecule has 1 aliphatic rings. The molecule has 1 aromatic heterocycles. The molecule has 26 heavy (non-hydrogen) atoms. The van der Waals surface area contributed by atoms with Crippen LogP contribution in [0.15, 0.2) is 59.1 Å². The van der Waals surface area contributed by atoms with Gasteiger partial charge in [-0.05, 0) is 42.0 Å². The molecule has 0 spiro atoms. The number of halogens is 2. The molecule has 7 heteroatoms. The van der Waals surface area contributed by atoms with Crippen molar-refractivity contribution in [2.45, 2.75) is 19.3 Å². The van der Waals surface area contributed by atoms with E-state index >= 15 is 0 Å². The number of aromatic nitrogens is 2. The fourth-order valence-electron chi connectivity index (χ4n) is 2.88. The molecule has 4 rings (SSSR count). The lowest BCUT2D eigenvalue weighted by molar-refractivity contribution is -0.00119. The van der Waals surface area contributed by atoms with Gasteiger partial charge < -0.3 is 10.1 Å². The number of amides is 1. The van der Waals surface area contributed by atoms with E-state index in [0.29, 0.717) is 18.8 Å². The van der Waals surface area contributed by atoms with Gasteiger partial charge in [0.2, 0.25) is 0 Å². The second kappa shape index (κ2) is 7.01. The Bertz CT molecular complexity index is 956. The molecule has 0 bridgehead atoms. The van der Waals surface area contributed by atoms with Crippen molar-refractivity contribution in [2.24, 2.45) is 0 Å². The third kappa shape index (κ3) is 3.54. The number of benzene rings is 2. The van der Waals surface area contributed by atoms with E-state index in [1.54, 1.807) is 22.9 Å². The van der Waals surface area contributed by atoms with Crippen LogP contribution in [0.25, 0.3) is 0 Å². The molecule has 0 saturated heterocycles. The fourth-order valence-corrected chi connectivity index (χ4v) is 3.14. The van der Waals surface area contributed by atoms with Gasteiger partial charge in [-0.3, -0.25) is 9.48 Å². The number of nitrogens with zero attached hydrogens (tertiary/aromatic N) is 2. The van der Waals surface area contributed by atoms with Crippen molar-refractivity contribution in [1.82, 2.24) is 9.78 Å². The Balaban J connectivity index is 1.50. The van der Waals surface area contributed by atoms with Gasteiger partial charge in [-0.15, -0.1) is 0 Å². The average Bonchev–Trinajstić information content (AvgIpc) is 3.06. The molecule has 1 N–H and O–H groups in total. The Kier molecular flexibility index (Phi) is 4.57. The van der Waals surface area contributed by atoms with Gasteiger partial charge >= 0.3 is 0 Å². The van der Waals surface area contributed by atoms with Crippen molar-refractivity contribution in [1.29, 1.82) is 0 Å². The van der Waals surface area contributed by atoms with Gasteiger partial charge in [-0.2, -0.15) is 5.10 Å². The first-order chi connectivity index (χ1) is 12.6.